The summed E-state index contributed by atoms with van der Waals surface area (Å²) in [7, 11) is 1.83. The first-order valence-electron chi connectivity index (χ1n) is 9.78. The Morgan fingerprint density at radius 3 is 2.41 bits per heavy atom. The van der Waals surface area contributed by atoms with Crippen molar-refractivity contribution in [1.82, 2.24) is 20.5 Å². The fourth-order valence-electron chi connectivity index (χ4n) is 3.53. The van der Waals surface area contributed by atoms with Crippen LogP contribution in [0.1, 0.15) is 42.3 Å². The van der Waals surface area contributed by atoms with Crippen LogP contribution in [-0.2, 0) is 11.3 Å². The van der Waals surface area contributed by atoms with Gasteiger partial charge in [0.2, 0.25) is 0 Å². The highest BCUT2D eigenvalue weighted by Gasteiger charge is 2.27. The number of hydrogen-bond donors (Lipinski definition) is 2. The van der Waals surface area contributed by atoms with Crippen molar-refractivity contribution >= 4 is 41.3 Å². The van der Waals surface area contributed by atoms with Crippen molar-refractivity contribution in [3.8, 4) is 0 Å². The number of thiazole rings is 1. The zero-order valence-corrected chi connectivity index (χ0v) is 20.5. The largest absolute Gasteiger partial charge is 0.379 e. The van der Waals surface area contributed by atoms with E-state index in [2.05, 4.69) is 53.2 Å². The summed E-state index contributed by atoms with van der Waals surface area (Å²) in [6.07, 6.45) is 2.40. The van der Waals surface area contributed by atoms with E-state index in [1.807, 2.05) is 7.05 Å². The van der Waals surface area contributed by atoms with Gasteiger partial charge in [-0.15, -0.1) is 35.3 Å². The Bertz CT molecular complexity index is 551. The van der Waals surface area contributed by atoms with Crippen LogP contribution in [0.2, 0.25) is 0 Å². The Hall–Kier alpha value is -0.450. The maximum atomic E-state index is 5.54. The fourth-order valence-corrected chi connectivity index (χ4v) is 4.41. The molecule has 1 aromatic rings. The molecular formula is C19H36IN5OS. The van der Waals surface area contributed by atoms with Gasteiger partial charge in [0.05, 0.1) is 25.5 Å². The van der Waals surface area contributed by atoms with Crippen LogP contribution in [0.15, 0.2) is 4.99 Å². The summed E-state index contributed by atoms with van der Waals surface area (Å²) in [5.41, 5.74) is 1.12. The van der Waals surface area contributed by atoms with Gasteiger partial charge in [-0.25, -0.2) is 4.98 Å². The van der Waals surface area contributed by atoms with E-state index in [4.69, 9.17) is 4.74 Å². The van der Waals surface area contributed by atoms with Crippen LogP contribution in [0.3, 0.4) is 0 Å². The summed E-state index contributed by atoms with van der Waals surface area (Å²) in [6.45, 7) is 14.1. The fraction of sp³-hybridized carbons (Fsp3) is 0.789. The molecule has 0 aliphatic carbocycles. The third-order valence-corrected chi connectivity index (χ3v) is 6.36. The average Bonchev–Trinajstić information content (AvgIpc) is 2.99. The van der Waals surface area contributed by atoms with Crippen LogP contribution in [0.25, 0.3) is 0 Å². The van der Waals surface area contributed by atoms with Crippen molar-refractivity contribution in [2.75, 3.05) is 39.9 Å². The van der Waals surface area contributed by atoms with Gasteiger partial charge in [-0.1, -0.05) is 26.7 Å². The van der Waals surface area contributed by atoms with Gasteiger partial charge in [0.1, 0.15) is 5.01 Å². The molecule has 1 aromatic heterocycles. The first-order chi connectivity index (χ1) is 12.6. The maximum absolute atomic E-state index is 5.54. The number of rotatable bonds is 8. The van der Waals surface area contributed by atoms with Gasteiger partial charge in [-0.05, 0) is 19.8 Å². The standard InChI is InChI=1S/C19H35N5OS.HI/c1-6-16(7-2)17(24-8-10-25-11-9-24)12-21-19(20-5)22-13-18-23-14(3)15(4)26-18;/h16-17H,6-13H2,1-5H3,(H2,20,21,22);1H. The number of morpholine rings is 1. The summed E-state index contributed by atoms with van der Waals surface area (Å²) in [6, 6.07) is 0.511. The molecule has 0 amide bonds. The van der Waals surface area contributed by atoms with E-state index >= 15 is 0 Å². The zero-order chi connectivity index (χ0) is 18.9. The van der Waals surface area contributed by atoms with E-state index in [1.54, 1.807) is 11.3 Å². The molecule has 1 aliphatic heterocycles. The Kier molecular flexibility index (Phi) is 11.7. The quantitative estimate of drug-likeness (QED) is 0.320. The second kappa shape index (κ2) is 12.9. The molecule has 0 aromatic carbocycles. The van der Waals surface area contributed by atoms with Crippen LogP contribution in [-0.4, -0.2) is 61.8 Å². The predicted octanol–water partition coefficient (Wildman–Crippen LogP) is 3.18. The molecule has 2 rings (SSSR count). The minimum Gasteiger partial charge on any atom is -0.379 e. The second-order valence-electron chi connectivity index (χ2n) is 6.85. The third kappa shape index (κ3) is 7.47. The van der Waals surface area contributed by atoms with Crippen molar-refractivity contribution in [3.05, 3.63) is 15.6 Å². The van der Waals surface area contributed by atoms with E-state index in [1.165, 1.54) is 17.7 Å². The molecule has 1 saturated heterocycles. The third-order valence-electron chi connectivity index (χ3n) is 5.29. The number of ether oxygens (including phenoxy) is 1. The molecule has 2 heterocycles. The van der Waals surface area contributed by atoms with E-state index in [-0.39, 0.29) is 24.0 Å². The van der Waals surface area contributed by atoms with Crippen LogP contribution < -0.4 is 10.6 Å². The minimum absolute atomic E-state index is 0. The number of hydrogen-bond acceptors (Lipinski definition) is 5. The SMILES string of the molecule is CCC(CC)C(CNC(=NC)NCc1nc(C)c(C)s1)N1CCOCC1.I. The Balaban J connectivity index is 0.00000364. The number of aromatic nitrogens is 1. The molecule has 1 aliphatic rings. The lowest BCUT2D eigenvalue weighted by Gasteiger charge is -2.39. The molecular weight excluding hydrogens is 473 g/mol. The number of nitrogens with one attached hydrogen (secondary N) is 2. The lowest BCUT2D eigenvalue weighted by molar-refractivity contribution is 0.00272. The minimum atomic E-state index is 0. The normalized spacial score (nSPS) is 16.9. The molecule has 1 unspecified atom stereocenters. The molecule has 0 spiro atoms. The smallest absolute Gasteiger partial charge is 0.191 e. The number of aryl methyl sites for hydroxylation is 2. The van der Waals surface area contributed by atoms with Crippen molar-refractivity contribution in [1.29, 1.82) is 0 Å². The summed E-state index contributed by atoms with van der Waals surface area (Å²) < 4.78 is 5.54. The van der Waals surface area contributed by atoms with Gasteiger partial charge in [-0.3, -0.25) is 9.89 Å². The molecule has 1 atom stereocenters. The van der Waals surface area contributed by atoms with Crippen LogP contribution in [0.4, 0.5) is 0 Å². The molecule has 0 radical (unpaired) electrons. The second-order valence-corrected chi connectivity index (χ2v) is 8.14. The van der Waals surface area contributed by atoms with Crippen molar-refractivity contribution < 1.29 is 4.74 Å². The first-order valence-corrected chi connectivity index (χ1v) is 10.6. The summed E-state index contributed by atoms with van der Waals surface area (Å²) in [5, 5.41) is 8.05. The van der Waals surface area contributed by atoms with Crippen molar-refractivity contribution in [2.24, 2.45) is 10.9 Å². The van der Waals surface area contributed by atoms with Crippen LogP contribution in [0, 0.1) is 19.8 Å². The molecule has 2 N–H and O–H groups in total. The highest BCUT2D eigenvalue weighted by Crippen LogP contribution is 2.19. The molecule has 27 heavy (non-hydrogen) atoms. The molecule has 156 valence electrons. The summed E-state index contributed by atoms with van der Waals surface area (Å²) >= 11 is 1.75. The number of halogens is 1. The molecule has 6 nitrogen and oxygen atoms in total. The maximum Gasteiger partial charge on any atom is 0.191 e. The van der Waals surface area contributed by atoms with Crippen LogP contribution >= 0.6 is 35.3 Å². The van der Waals surface area contributed by atoms with E-state index < -0.39 is 0 Å². The Morgan fingerprint density at radius 2 is 1.89 bits per heavy atom. The summed E-state index contributed by atoms with van der Waals surface area (Å²) in [5.74, 6) is 1.53. The van der Waals surface area contributed by atoms with E-state index in [0.717, 1.165) is 49.5 Å². The Labute approximate surface area is 185 Å². The van der Waals surface area contributed by atoms with Gasteiger partial charge < -0.3 is 15.4 Å². The molecule has 1 fully saturated rings. The highest BCUT2D eigenvalue weighted by atomic mass is 127. The summed E-state index contributed by atoms with van der Waals surface area (Å²) in [4.78, 5) is 12.8. The van der Waals surface area contributed by atoms with Crippen molar-refractivity contribution in [3.63, 3.8) is 0 Å². The monoisotopic (exact) mass is 509 g/mol. The van der Waals surface area contributed by atoms with Gasteiger partial charge in [0.15, 0.2) is 5.96 Å². The zero-order valence-electron chi connectivity index (χ0n) is 17.4. The average molecular weight is 510 g/mol. The molecule has 0 saturated carbocycles. The highest BCUT2D eigenvalue weighted by molar-refractivity contribution is 14.0. The van der Waals surface area contributed by atoms with E-state index in [0.29, 0.717) is 18.5 Å². The molecule has 8 heteroatoms. The van der Waals surface area contributed by atoms with E-state index in [9.17, 15) is 0 Å². The van der Waals surface area contributed by atoms with Crippen LogP contribution in [0.5, 0.6) is 0 Å². The lowest BCUT2D eigenvalue weighted by atomic mass is 9.92. The number of aliphatic imine (C=N–C) groups is 1. The topological polar surface area (TPSA) is 61.8 Å². The van der Waals surface area contributed by atoms with Crippen molar-refractivity contribution in [2.45, 2.75) is 53.1 Å². The Morgan fingerprint density at radius 1 is 1.22 bits per heavy atom. The number of nitrogens with zero attached hydrogens (tertiary/aromatic N) is 3. The molecule has 0 bridgehead atoms. The van der Waals surface area contributed by atoms with Gasteiger partial charge >= 0.3 is 0 Å². The van der Waals surface area contributed by atoms with Gasteiger partial charge in [-0.2, -0.15) is 0 Å². The number of guanidine groups is 1. The van der Waals surface area contributed by atoms with Gasteiger partial charge in [0.25, 0.3) is 0 Å². The first kappa shape index (κ1) is 24.6. The predicted molar refractivity (Wildman–Crippen MR) is 125 cm³/mol. The van der Waals surface area contributed by atoms with Gasteiger partial charge in [0, 0.05) is 37.6 Å². The lowest BCUT2D eigenvalue weighted by Crippen LogP contribution is -2.53.